The van der Waals surface area contributed by atoms with Gasteiger partial charge in [-0.25, -0.2) is 4.98 Å². The van der Waals surface area contributed by atoms with Crippen LogP contribution in [-0.4, -0.2) is 50.9 Å². The second kappa shape index (κ2) is 7.79. The minimum Gasteiger partial charge on any atom is -0.496 e. The largest absolute Gasteiger partial charge is 0.496 e. The number of rotatable bonds is 6. The van der Waals surface area contributed by atoms with Gasteiger partial charge in [-0.2, -0.15) is 0 Å². The van der Waals surface area contributed by atoms with E-state index in [0.29, 0.717) is 6.54 Å². The van der Waals surface area contributed by atoms with E-state index in [0.717, 1.165) is 28.7 Å². The van der Waals surface area contributed by atoms with Gasteiger partial charge in [-0.05, 0) is 12.1 Å². The molecule has 1 aliphatic heterocycles. The van der Waals surface area contributed by atoms with Crippen molar-refractivity contribution in [3.8, 4) is 5.75 Å². The third kappa shape index (κ3) is 4.03. The van der Waals surface area contributed by atoms with Gasteiger partial charge in [-0.15, -0.1) is 23.5 Å². The Morgan fingerprint density at radius 3 is 3.13 bits per heavy atom. The van der Waals surface area contributed by atoms with Crippen LogP contribution in [0.15, 0.2) is 47.9 Å². The molecule has 0 bridgehead atoms. The van der Waals surface area contributed by atoms with E-state index >= 15 is 0 Å². The van der Waals surface area contributed by atoms with Crippen LogP contribution in [0.4, 0.5) is 0 Å². The number of benzene rings is 1. The zero-order chi connectivity index (χ0) is 16.1. The highest BCUT2D eigenvalue weighted by Gasteiger charge is 2.29. The zero-order valence-electron chi connectivity index (χ0n) is 12.9. The van der Waals surface area contributed by atoms with E-state index in [1.807, 2.05) is 45.6 Å². The van der Waals surface area contributed by atoms with Gasteiger partial charge in [0.1, 0.15) is 12.3 Å². The standard InChI is InChI=1S/C16H19N3O2S2/c1-21-13-4-2-3-5-14(13)23-11-16-19(8-9-22-16)15(20)10-18-7-6-17-12-18/h2-7,12,16H,8-11H2,1H3. The van der Waals surface area contributed by atoms with Gasteiger partial charge < -0.3 is 14.2 Å². The molecule has 2 aromatic rings. The van der Waals surface area contributed by atoms with Gasteiger partial charge in [-0.3, -0.25) is 4.79 Å². The Labute approximate surface area is 144 Å². The highest BCUT2D eigenvalue weighted by Crippen LogP contribution is 2.34. The van der Waals surface area contributed by atoms with E-state index in [1.165, 1.54) is 0 Å². The number of hydrogen-bond acceptors (Lipinski definition) is 5. The first-order valence-corrected chi connectivity index (χ1v) is 9.44. The second-order valence-electron chi connectivity index (χ2n) is 5.11. The lowest BCUT2D eigenvalue weighted by atomic mass is 10.3. The first-order chi connectivity index (χ1) is 11.3. The Morgan fingerprint density at radius 2 is 2.35 bits per heavy atom. The number of aromatic nitrogens is 2. The molecule has 1 saturated heterocycles. The molecule has 122 valence electrons. The number of thioether (sulfide) groups is 2. The first kappa shape index (κ1) is 16.3. The van der Waals surface area contributed by atoms with Crippen LogP contribution in [0.3, 0.4) is 0 Å². The van der Waals surface area contributed by atoms with Gasteiger partial charge in [-0.1, -0.05) is 12.1 Å². The van der Waals surface area contributed by atoms with E-state index in [4.69, 9.17) is 4.74 Å². The van der Waals surface area contributed by atoms with E-state index in [2.05, 4.69) is 11.1 Å². The number of hydrogen-bond donors (Lipinski definition) is 0. The summed E-state index contributed by atoms with van der Waals surface area (Å²) in [5.74, 6) is 2.89. The Hall–Kier alpha value is -1.60. The molecule has 5 nitrogen and oxygen atoms in total. The lowest BCUT2D eigenvalue weighted by Gasteiger charge is -2.24. The molecule has 1 aromatic carbocycles. The van der Waals surface area contributed by atoms with Crippen molar-refractivity contribution >= 4 is 29.4 Å². The number of carbonyl (C=O) groups excluding carboxylic acids is 1. The predicted octanol–water partition coefficient (Wildman–Crippen LogP) is 2.59. The molecule has 0 aliphatic carbocycles. The summed E-state index contributed by atoms with van der Waals surface area (Å²) in [5, 5.41) is 0.209. The van der Waals surface area contributed by atoms with E-state index < -0.39 is 0 Å². The highest BCUT2D eigenvalue weighted by atomic mass is 32.2. The molecule has 1 atom stereocenters. The summed E-state index contributed by atoms with van der Waals surface area (Å²) in [4.78, 5) is 19.6. The molecular weight excluding hydrogens is 330 g/mol. The van der Waals surface area contributed by atoms with Crippen LogP contribution in [0.1, 0.15) is 0 Å². The van der Waals surface area contributed by atoms with Crippen molar-refractivity contribution in [2.75, 3.05) is 25.2 Å². The summed E-state index contributed by atoms with van der Waals surface area (Å²) in [6.45, 7) is 1.17. The van der Waals surface area contributed by atoms with E-state index in [-0.39, 0.29) is 11.3 Å². The summed E-state index contributed by atoms with van der Waals surface area (Å²) >= 11 is 3.58. The van der Waals surface area contributed by atoms with Crippen molar-refractivity contribution in [3.63, 3.8) is 0 Å². The fourth-order valence-electron chi connectivity index (χ4n) is 2.47. The van der Waals surface area contributed by atoms with Crippen LogP contribution >= 0.6 is 23.5 Å². The fraction of sp³-hybridized carbons (Fsp3) is 0.375. The molecule has 1 aromatic heterocycles. The number of imidazole rings is 1. The normalized spacial score (nSPS) is 17.4. The molecule has 0 saturated carbocycles. The van der Waals surface area contributed by atoms with Crippen LogP contribution in [0, 0.1) is 0 Å². The second-order valence-corrected chi connectivity index (χ2v) is 7.46. The van der Waals surface area contributed by atoms with Crippen LogP contribution < -0.4 is 4.74 Å². The summed E-state index contributed by atoms with van der Waals surface area (Å²) in [6.07, 6.45) is 5.19. The number of methoxy groups -OCH3 is 1. The molecule has 2 heterocycles. The quantitative estimate of drug-likeness (QED) is 0.750. The minimum atomic E-state index is 0.152. The average molecular weight is 349 g/mol. The molecule has 0 N–H and O–H groups in total. The minimum absolute atomic E-state index is 0.152. The third-order valence-electron chi connectivity index (χ3n) is 3.64. The molecule has 3 rings (SSSR count). The van der Waals surface area contributed by atoms with Gasteiger partial charge in [0.2, 0.25) is 5.91 Å². The predicted molar refractivity (Wildman–Crippen MR) is 93.9 cm³/mol. The fourth-order valence-corrected chi connectivity index (χ4v) is 5.01. The molecular formula is C16H19N3O2S2. The molecule has 7 heteroatoms. The SMILES string of the molecule is COc1ccccc1SCC1SCCN1C(=O)Cn1ccnc1. The Bertz CT molecular complexity index is 649. The molecule has 23 heavy (non-hydrogen) atoms. The Balaban J connectivity index is 1.59. The van der Waals surface area contributed by atoms with Crippen molar-refractivity contribution in [1.82, 2.24) is 14.5 Å². The van der Waals surface area contributed by atoms with Crippen LogP contribution in [0.2, 0.25) is 0 Å². The van der Waals surface area contributed by atoms with Gasteiger partial charge in [0.05, 0.1) is 18.8 Å². The topological polar surface area (TPSA) is 47.4 Å². The molecule has 0 spiro atoms. The third-order valence-corrected chi connectivity index (χ3v) is 6.20. The Morgan fingerprint density at radius 1 is 1.48 bits per heavy atom. The maximum absolute atomic E-state index is 12.5. The molecule has 1 amide bonds. The molecule has 1 fully saturated rings. The van der Waals surface area contributed by atoms with Crippen LogP contribution in [-0.2, 0) is 11.3 Å². The van der Waals surface area contributed by atoms with Crippen molar-refractivity contribution < 1.29 is 9.53 Å². The summed E-state index contributed by atoms with van der Waals surface area (Å²) < 4.78 is 7.20. The highest BCUT2D eigenvalue weighted by molar-refractivity contribution is 8.03. The molecule has 1 unspecified atom stereocenters. The van der Waals surface area contributed by atoms with Gasteiger partial charge in [0, 0.05) is 35.3 Å². The zero-order valence-corrected chi connectivity index (χ0v) is 14.6. The molecule has 1 aliphatic rings. The number of ether oxygens (including phenoxy) is 1. The lowest BCUT2D eigenvalue weighted by Crippen LogP contribution is -2.38. The monoisotopic (exact) mass is 349 g/mol. The first-order valence-electron chi connectivity index (χ1n) is 7.40. The van der Waals surface area contributed by atoms with Crippen molar-refractivity contribution in [3.05, 3.63) is 43.0 Å². The van der Waals surface area contributed by atoms with Gasteiger partial charge in [0.15, 0.2) is 0 Å². The van der Waals surface area contributed by atoms with Crippen molar-refractivity contribution in [2.45, 2.75) is 16.8 Å². The average Bonchev–Trinajstić information content (AvgIpc) is 3.24. The van der Waals surface area contributed by atoms with Gasteiger partial charge in [0.25, 0.3) is 0 Å². The van der Waals surface area contributed by atoms with Crippen molar-refractivity contribution in [2.24, 2.45) is 0 Å². The maximum Gasteiger partial charge on any atom is 0.243 e. The maximum atomic E-state index is 12.5. The number of para-hydroxylation sites is 1. The summed E-state index contributed by atoms with van der Waals surface area (Å²) in [5.41, 5.74) is 0. The smallest absolute Gasteiger partial charge is 0.243 e. The Kier molecular flexibility index (Phi) is 5.51. The lowest BCUT2D eigenvalue weighted by molar-refractivity contribution is -0.131. The number of carbonyl (C=O) groups is 1. The summed E-state index contributed by atoms with van der Waals surface area (Å²) in [7, 11) is 1.69. The van der Waals surface area contributed by atoms with Gasteiger partial charge >= 0.3 is 0 Å². The van der Waals surface area contributed by atoms with Crippen LogP contribution in [0.5, 0.6) is 5.75 Å². The van der Waals surface area contributed by atoms with E-state index in [9.17, 15) is 4.79 Å². The van der Waals surface area contributed by atoms with Crippen LogP contribution in [0.25, 0.3) is 0 Å². The molecule has 0 radical (unpaired) electrons. The number of amides is 1. The summed E-state index contributed by atoms with van der Waals surface area (Å²) in [6, 6.07) is 8.00. The van der Waals surface area contributed by atoms with Crippen molar-refractivity contribution in [1.29, 1.82) is 0 Å². The number of nitrogens with zero attached hydrogens (tertiary/aromatic N) is 3. The van der Waals surface area contributed by atoms with E-state index in [1.54, 1.807) is 31.4 Å².